The van der Waals surface area contributed by atoms with Crippen LogP contribution < -0.4 is 10.7 Å². The summed E-state index contributed by atoms with van der Waals surface area (Å²) < 4.78 is 0. The third kappa shape index (κ3) is 4.92. The van der Waals surface area contributed by atoms with Crippen LogP contribution in [0.4, 0.5) is 5.69 Å². The Bertz CT molecular complexity index is 844. The molecule has 0 atom stereocenters. The van der Waals surface area contributed by atoms with Gasteiger partial charge in [0.05, 0.1) is 12.0 Å². The molecule has 0 saturated heterocycles. The van der Waals surface area contributed by atoms with Crippen LogP contribution in [0.1, 0.15) is 41.8 Å². The van der Waals surface area contributed by atoms with Gasteiger partial charge in [-0.05, 0) is 43.5 Å². The number of aromatic hydroxyl groups is 1. The van der Waals surface area contributed by atoms with Crippen LogP contribution in [0.3, 0.4) is 0 Å². The van der Waals surface area contributed by atoms with Crippen LogP contribution in [-0.2, 0) is 11.2 Å². The largest absolute Gasteiger partial charge is 0.507 e. The zero-order valence-electron chi connectivity index (χ0n) is 15.2. The predicted octanol–water partition coefficient (Wildman–Crippen LogP) is 3.40. The molecule has 0 heterocycles. The van der Waals surface area contributed by atoms with Crippen LogP contribution in [0.25, 0.3) is 0 Å². The lowest BCUT2D eigenvalue weighted by atomic mass is 10.1. The molecule has 0 aliphatic carbocycles. The molecule has 2 rings (SSSR count). The summed E-state index contributed by atoms with van der Waals surface area (Å²) in [5.74, 6) is -0.811. The van der Waals surface area contributed by atoms with Gasteiger partial charge in [0, 0.05) is 11.4 Å². The lowest BCUT2D eigenvalue weighted by Gasteiger charge is -2.10. The van der Waals surface area contributed by atoms with E-state index < -0.39 is 5.91 Å². The summed E-state index contributed by atoms with van der Waals surface area (Å²) in [4.78, 5) is 24.3. The number of amides is 2. The highest BCUT2D eigenvalue weighted by atomic mass is 16.3. The van der Waals surface area contributed by atoms with E-state index in [-0.39, 0.29) is 23.6 Å². The van der Waals surface area contributed by atoms with E-state index in [4.69, 9.17) is 0 Å². The average molecular weight is 353 g/mol. The van der Waals surface area contributed by atoms with Gasteiger partial charge in [0.1, 0.15) is 5.75 Å². The monoisotopic (exact) mass is 353 g/mol. The van der Waals surface area contributed by atoms with Gasteiger partial charge in [-0.2, -0.15) is 5.10 Å². The minimum absolute atomic E-state index is 0.0537. The number of benzene rings is 2. The molecule has 0 aliphatic heterocycles. The molecule has 0 aliphatic rings. The number of aryl methyl sites for hydroxylation is 2. The summed E-state index contributed by atoms with van der Waals surface area (Å²) >= 11 is 0. The molecule has 2 aromatic carbocycles. The highest BCUT2D eigenvalue weighted by Crippen LogP contribution is 2.21. The molecule has 0 radical (unpaired) electrons. The summed E-state index contributed by atoms with van der Waals surface area (Å²) in [7, 11) is 0. The quantitative estimate of drug-likeness (QED) is 0.549. The van der Waals surface area contributed by atoms with Crippen molar-refractivity contribution in [3.8, 4) is 5.75 Å². The number of hydrazone groups is 1. The molecule has 0 fully saturated rings. The van der Waals surface area contributed by atoms with Gasteiger partial charge in [-0.3, -0.25) is 9.59 Å². The molecule has 3 N–H and O–H groups in total. The number of phenolic OH excluding ortho intramolecular Hbond substituents is 1. The molecule has 0 bridgehead atoms. The third-order valence-corrected chi connectivity index (χ3v) is 3.92. The molecule has 0 aromatic heterocycles. The number of carbonyl (C=O) groups excluding carboxylic acids is 2. The lowest BCUT2D eigenvalue weighted by molar-refractivity contribution is -0.115. The third-order valence-electron chi connectivity index (χ3n) is 3.92. The number of rotatable bonds is 6. The van der Waals surface area contributed by atoms with Crippen LogP contribution in [-0.4, -0.2) is 22.6 Å². The van der Waals surface area contributed by atoms with Crippen molar-refractivity contribution in [1.29, 1.82) is 0 Å². The fourth-order valence-corrected chi connectivity index (χ4v) is 2.47. The highest BCUT2D eigenvalue weighted by Gasteiger charge is 2.12. The first kappa shape index (κ1) is 19.2. The number of nitrogens with zero attached hydrogens (tertiary/aromatic N) is 1. The second-order valence-corrected chi connectivity index (χ2v) is 5.99. The number of para-hydroxylation sites is 2. The van der Waals surface area contributed by atoms with Crippen molar-refractivity contribution < 1.29 is 14.7 Å². The predicted molar refractivity (Wildman–Crippen MR) is 102 cm³/mol. The van der Waals surface area contributed by atoms with Gasteiger partial charge < -0.3 is 10.4 Å². The van der Waals surface area contributed by atoms with Crippen molar-refractivity contribution in [2.45, 2.75) is 33.6 Å². The van der Waals surface area contributed by atoms with Gasteiger partial charge >= 0.3 is 0 Å². The summed E-state index contributed by atoms with van der Waals surface area (Å²) in [6.45, 7) is 5.38. The first-order valence-electron chi connectivity index (χ1n) is 8.42. The van der Waals surface area contributed by atoms with Crippen LogP contribution in [0.15, 0.2) is 47.6 Å². The topological polar surface area (TPSA) is 90.8 Å². The Kier molecular flexibility index (Phi) is 6.49. The van der Waals surface area contributed by atoms with Gasteiger partial charge in [-0.1, -0.05) is 37.3 Å². The van der Waals surface area contributed by atoms with E-state index in [1.54, 1.807) is 26.0 Å². The Morgan fingerprint density at radius 2 is 1.85 bits per heavy atom. The van der Waals surface area contributed by atoms with Crippen molar-refractivity contribution in [1.82, 2.24) is 5.43 Å². The SMILES string of the molecule is CCc1ccccc1NC(=O)CC(C)=NNC(=O)c1cccc(C)c1O. The zero-order chi connectivity index (χ0) is 19.1. The van der Waals surface area contributed by atoms with E-state index in [2.05, 4.69) is 15.8 Å². The first-order valence-corrected chi connectivity index (χ1v) is 8.42. The summed E-state index contributed by atoms with van der Waals surface area (Å²) in [5, 5.41) is 16.7. The fourth-order valence-electron chi connectivity index (χ4n) is 2.47. The maximum absolute atomic E-state index is 12.2. The Morgan fingerprint density at radius 1 is 1.12 bits per heavy atom. The highest BCUT2D eigenvalue weighted by molar-refractivity contribution is 6.06. The van der Waals surface area contributed by atoms with Gasteiger partial charge in [-0.25, -0.2) is 5.43 Å². The fraction of sp³-hybridized carbons (Fsp3) is 0.250. The van der Waals surface area contributed by atoms with E-state index in [9.17, 15) is 14.7 Å². The molecule has 2 amide bonds. The Morgan fingerprint density at radius 3 is 2.58 bits per heavy atom. The minimum Gasteiger partial charge on any atom is -0.507 e. The minimum atomic E-state index is -0.526. The smallest absolute Gasteiger partial charge is 0.275 e. The Labute approximate surface area is 152 Å². The van der Waals surface area contributed by atoms with Crippen LogP contribution in [0.2, 0.25) is 0 Å². The number of phenols is 1. The van der Waals surface area contributed by atoms with Crippen molar-refractivity contribution in [3.05, 3.63) is 59.2 Å². The molecule has 0 saturated carbocycles. The molecule has 136 valence electrons. The van der Waals surface area contributed by atoms with E-state index >= 15 is 0 Å². The molecular formula is C20H23N3O3. The maximum Gasteiger partial charge on any atom is 0.275 e. The summed E-state index contributed by atoms with van der Waals surface area (Å²) in [6.07, 6.45) is 0.873. The van der Waals surface area contributed by atoms with E-state index in [0.29, 0.717) is 11.3 Å². The van der Waals surface area contributed by atoms with Gasteiger partial charge in [0.2, 0.25) is 5.91 Å². The van der Waals surface area contributed by atoms with Crippen LogP contribution in [0, 0.1) is 6.92 Å². The lowest BCUT2D eigenvalue weighted by Crippen LogP contribution is -2.22. The number of hydrogen-bond acceptors (Lipinski definition) is 4. The Balaban J connectivity index is 1.96. The molecular weight excluding hydrogens is 330 g/mol. The summed E-state index contributed by atoms with van der Waals surface area (Å²) in [6, 6.07) is 12.5. The average Bonchev–Trinajstić information content (AvgIpc) is 2.62. The number of hydrogen-bond donors (Lipinski definition) is 3. The molecule has 2 aromatic rings. The number of carbonyl (C=O) groups is 2. The van der Waals surface area contributed by atoms with Gasteiger partial charge in [0.15, 0.2) is 0 Å². The zero-order valence-corrected chi connectivity index (χ0v) is 15.2. The van der Waals surface area contributed by atoms with Gasteiger partial charge in [0.25, 0.3) is 5.91 Å². The van der Waals surface area contributed by atoms with Crippen LogP contribution >= 0.6 is 0 Å². The molecule has 26 heavy (non-hydrogen) atoms. The van der Waals surface area contributed by atoms with Gasteiger partial charge in [-0.15, -0.1) is 0 Å². The molecule has 6 heteroatoms. The maximum atomic E-state index is 12.2. The van der Waals surface area contributed by atoms with Crippen LogP contribution in [0.5, 0.6) is 5.75 Å². The van der Waals surface area contributed by atoms with Crippen molar-refractivity contribution in [2.24, 2.45) is 5.10 Å². The van der Waals surface area contributed by atoms with E-state index in [0.717, 1.165) is 17.7 Å². The van der Waals surface area contributed by atoms with Crippen molar-refractivity contribution in [3.63, 3.8) is 0 Å². The van der Waals surface area contributed by atoms with E-state index in [1.807, 2.05) is 31.2 Å². The molecule has 0 unspecified atom stereocenters. The van der Waals surface area contributed by atoms with E-state index in [1.165, 1.54) is 6.07 Å². The Hall–Kier alpha value is -3.15. The van der Waals surface area contributed by atoms with Crippen molar-refractivity contribution in [2.75, 3.05) is 5.32 Å². The molecule has 0 spiro atoms. The molecule has 6 nitrogen and oxygen atoms in total. The second-order valence-electron chi connectivity index (χ2n) is 5.99. The van der Waals surface area contributed by atoms with Crippen molar-refractivity contribution >= 4 is 23.2 Å². The normalized spacial score (nSPS) is 11.1. The summed E-state index contributed by atoms with van der Waals surface area (Å²) in [5.41, 5.74) is 5.40. The number of anilines is 1. The number of nitrogens with one attached hydrogen (secondary N) is 2. The second kappa shape index (κ2) is 8.80. The first-order chi connectivity index (χ1) is 12.4. The standard InChI is InChI=1S/C20H23N3O3/c1-4-15-9-5-6-11-17(15)21-18(24)12-14(3)22-23-20(26)16-10-7-8-13(2)19(16)25/h5-11,25H,4,12H2,1-3H3,(H,21,24)(H,23,26).